The molecule has 0 unspecified atom stereocenters. The second-order valence-electron chi connectivity index (χ2n) is 8.34. The molecule has 3 rings (SSSR count). The fourth-order valence-corrected chi connectivity index (χ4v) is 3.98. The third kappa shape index (κ3) is 6.40. The van der Waals surface area contributed by atoms with E-state index < -0.39 is 12.0 Å². The molecule has 10 heteroatoms. The molecule has 0 aromatic heterocycles. The van der Waals surface area contributed by atoms with Crippen molar-refractivity contribution in [1.82, 2.24) is 20.4 Å². The minimum Gasteiger partial charge on any atom is -0.491 e. The third-order valence-electron chi connectivity index (χ3n) is 5.51. The van der Waals surface area contributed by atoms with Gasteiger partial charge in [-0.25, -0.2) is 14.4 Å². The van der Waals surface area contributed by atoms with Gasteiger partial charge in [0.2, 0.25) is 0 Å². The Balaban J connectivity index is 1.82. The van der Waals surface area contributed by atoms with Crippen LogP contribution in [0.3, 0.4) is 0 Å². The lowest BCUT2D eigenvalue weighted by molar-refractivity contribution is -0.139. The topological polar surface area (TPSA) is 109 Å². The van der Waals surface area contributed by atoms with Gasteiger partial charge in [0.1, 0.15) is 5.75 Å². The van der Waals surface area contributed by atoms with Gasteiger partial charge in [-0.2, -0.15) is 0 Å². The highest BCUT2D eigenvalue weighted by molar-refractivity contribution is 5.95. The number of amides is 3. The monoisotopic (exact) mass is 474 g/mol. The zero-order chi connectivity index (χ0) is 24.7. The first kappa shape index (κ1) is 25.4. The van der Waals surface area contributed by atoms with Gasteiger partial charge in [0, 0.05) is 38.4 Å². The number of piperazine rings is 1. The second-order valence-corrected chi connectivity index (χ2v) is 8.34. The van der Waals surface area contributed by atoms with Crippen molar-refractivity contribution >= 4 is 18.1 Å². The summed E-state index contributed by atoms with van der Waals surface area (Å²) in [5.41, 5.74) is 1.62. The van der Waals surface area contributed by atoms with E-state index in [-0.39, 0.29) is 24.8 Å². The molecule has 1 aromatic rings. The summed E-state index contributed by atoms with van der Waals surface area (Å²) < 4.78 is 16.1. The average Bonchev–Trinajstić information content (AvgIpc) is 2.79. The van der Waals surface area contributed by atoms with E-state index in [1.807, 2.05) is 38.1 Å². The molecule has 1 aromatic carbocycles. The lowest BCUT2D eigenvalue weighted by atomic mass is 9.94. The highest BCUT2D eigenvalue weighted by Gasteiger charge is 2.35. The first-order valence-corrected chi connectivity index (χ1v) is 11.7. The van der Waals surface area contributed by atoms with Gasteiger partial charge in [-0.15, -0.1) is 0 Å². The quantitative estimate of drug-likeness (QED) is 0.557. The number of esters is 1. The molecule has 1 fully saturated rings. The second kappa shape index (κ2) is 11.7. The lowest BCUT2D eigenvalue weighted by Crippen LogP contribution is -2.52. The van der Waals surface area contributed by atoms with Crippen molar-refractivity contribution in [2.24, 2.45) is 0 Å². The van der Waals surface area contributed by atoms with Crippen molar-refractivity contribution in [2.75, 3.05) is 45.9 Å². The van der Waals surface area contributed by atoms with Gasteiger partial charge in [-0.1, -0.05) is 12.1 Å². The molecule has 3 amide bonds. The van der Waals surface area contributed by atoms with Crippen molar-refractivity contribution in [3.05, 3.63) is 41.1 Å². The summed E-state index contributed by atoms with van der Waals surface area (Å²) in [5, 5.41) is 5.65. The van der Waals surface area contributed by atoms with Crippen LogP contribution < -0.4 is 15.4 Å². The van der Waals surface area contributed by atoms with E-state index in [1.54, 1.807) is 18.7 Å². The summed E-state index contributed by atoms with van der Waals surface area (Å²) in [6.07, 6.45) is -0.288. The molecule has 2 heterocycles. The van der Waals surface area contributed by atoms with Crippen LogP contribution in [0.2, 0.25) is 0 Å². The average molecular weight is 475 g/mol. The molecule has 10 nitrogen and oxygen atoms in total. The largest absolute Gasteiger partial charge is 0.491 e. The summed E-state index contributed by atoms with van der Waals surface area (Å²) >= 11 is 0. The minimum atomic E-state index is -0.656. The van der Waals surface area contributed by atoms with E-state index in [1.165, 1.54) is 0 Å². The van der Waals surface area contributed by atoms with Gasteiger partial charge in [-0.05, 0) is 45.4 Å². The number of nitrogens with one attached hydrogen (secondary N) is 2. The van der Waals surface area contributed by atoms with Gasteiger partial charge in [0.15, 0.2) is 0 Å². The highest BCUT2D eigenvalue weighted by atomic mass is 16.6. The number of carbonyl (C=O) groups excluding carboxylic acids is 3. The van der Waals surface area contributed by atoms with Crippen LogP contribution in [0.4, 0.5) is 9.59 Å². The molecule has 1 atom stereocenters. The minimum absolute atomic E-state index is 0.0373. The van der Waals surface area contributed by atoms with Crippen LogP contribution >= 0.6 is 0 Å². The normalized spacial score (nSPS) is 18.9. The Morgan fingerprint density at radius 3 is 2.26 bits per heavy atom. The summed E-state index contributed by atoms with van der Waals surface area (Å²) in [6, 6.07) is 6.27. The number of hydrogen-bond acceptors (Lipinski definition) is 7. The molecule has 186 valence electrons. The summed E-state index contributed by atoms with van der Waals surface area (Å²) in [6.45, 7) is 10.5. The van der Waals surface area contributed by atoms with Gasteiger partial charge in [0.25, 0.3) is 0 Å². The zero-order valence-electron chi connectivity index (χ0n) is 20.3. The number of benzene rings is 1. The van der Waals surface area contributed by atoms with Crippen LogP contribution in [0.25, 0.3) is 0 Å². The maximum atomic E-state index is 13.0. The van der Waals surface area contributed by atoms with Crippen molar-refractivity contribution in [2.45, 2.75) is 39.8 Å². The molecule has 0 saturated carbocycles. The zero-order valence-corrected chi connectivity index (χ0v) is 20.3. The first-order valence-electron chi connectivity index (χ1n) is 11.7. The molecular formula is C24H34N4O6. The van der Waals surface area contributed by atoms with Crippen LogP contribution in [0, 0.1) is 0 Å². The van der Waals surface area contributed by atoms with Crippen LogP contribution in [-0.2, 0) is 14.3 Å². The van der Waals surface area contributed by atoms with E-state index in [4.69, 9.17) is 14.2 Å². The number of nitrogens with zero attached hydrogens (tertiary/aromatic N) is 2. The fourth-order valence-electron chi connectivity index (χ4n) is 3.98. The molecular weight excluding hydrogens is 440 g/mol. The fraction of sp³-hybridized carbons (Fsp3) is 0.542. The van der Waals surface area contributed by atoms with Crippen LogP contribution in [0.5, 0.6) is 5.75 Å². The predicted molar refractivity (Wildman–Crippen MR) is 125 cm³/mol. The number of carbonyl (C=O) groups is 3. The first-order chi connectivity index (χ1) is 16.3. The van der Waals surface area contributed by atoms with E-state index in [9.17, 15) is 14.4 Å². The third-order valence-corrected chi connectivity index (χ3v) is 5.51. The molecule has 0 aliphatic carbocycles. The molecule has 0 spiro atoms. The SMILES string of the molecule is CCOC(=O)C1=C(CN2CCN(C(=O)OCC)CC2)NC(=O)N[C@H]1c1ccc(OC(C)C)cc1. The number of hydrogen-bond donors (Lipinski definition) is 2. The smallest absolute Gasteiger partial charge is 0.409 e. The van der Waals surface area contributed by atoms with Crippen molar-refractivity contribution in [3.8, 4) is 5.75 Å². The highest BCUT2D eigenvalue weighted by Crippen LogP contribution is 2.29. The van der Waals surface area contributed by atoms with Gasteiger partial charge >= 0.3 is 18.1 Å². The van der Waals surface area contributed by atoms with E-state index in [2.05, 4.69) is 15.5 Å². The van der Waals surface area contributed by atoms with E-state index >= 15 is 0 Å². The Bertz CT molecular complexity index is 907. The molecule has 0 bridgehead atoms. The molecule has 1 saturated heterocycles. The molecule has 34 heavy (non-hydrogen) atoms. The van der Waals surface area contributed by atoms with Crippen LogP contribution in [-0.4, -0.2) is 79.9 Å². The number of ether oxygens (including phenoxy) is 3. The Morgan fingerprint density at radius 1 is 1.03 bits per heavy atom. The predicted octanol–water partition coefficient (Wildman–Crippen LogP) is 2.42. The van der Waals surface area contributed by atoms with Crippen LogP contribution in [0.1, 0.15) is 39.3 Å². The molecule has 2 aliphatic heterocycles. The Labute approximate surface area is 200 Å². The maximum absolute atomic E-state index is 13.0. The summed E-state index contributed by atoms with van der Waals surface area (Å²) in [7, 11) is 0. The molecule has 0 radical (unpaired) electrons. The lowest BCUT2D eigenvalue weighted by Gasteiger charge is -2.36. The van der Waals surface area contributed by atoms with Crippen molar-refractivity contribution in [3.63, 3.8) is 0 Å². The van der Waals surface area contributed by atoms with Crippen molar-refractivity contribution < 1.29 is 28.6 Å². The summed E-state index contributed by atoms with van der Waals surface area (Å²) in [4.78, 5) is 41.2. The van der Waals surface area contributed by atoms with E-state index in [0.29, 0.717) is 56.4 Å². The van der Waals surface area contributed by atoms with Gasteiger partial charge < -0.3 is 29.7 Å². The number of urea groups is 1. The standard InChI is InChI=1S/C24H34N4O6/c1-5-32-22(29)20-19(15-27-11-13-28(14-12-27)24(31)33-6-2)25-23(30)26-21(20)17-7-9-18(10-8-17)34-16(3)4/h7-10,16,21H,5-6,11-15H2,1-4H3,(H2,25,26,30)/t21-/m0/s1. The Morgan fingerprint density at radius 2 is 1.68 bits per heavy atom. The Hall–Kier alpha value is -3.27. The number of rotatable bonds is 8. The van der Waals surface area contributed by atoms with Crippen molar-refractivity contribution in [1.29, 1.82) is 0 Å². The van der Waals surface area contributed by atoms with Crippen LogP contribution in [0.15, 0.2) is 35.5 Å². The van der Waals surface area contributed by atoms with E-state index in [0.717, 1.165) is 5.56 Å². The van der Waals surface area contributed by atoms with Gasteiger partial charge in [0.05, 0.1) is 30.9 Å². The summed E-state index contributed by atoms with van der Waals surface area (Å²) in [5.74, 6) is 0.225. The molecule has 2 aliphatic rings. The Kier molecular flexibility index (Phi) is 8.75. The molecule has 2 N–H and O–H groups in total. The maximum Gasteiger partial charge on any atom is 0.409 e. The van der Waals surface area contributed by atoms with Gasteiger partial charge in [-0.3, -0.25) is 4.90 Å².